The number of carbonyl (C=O) groups excluding carboxylic acids is 2. The van der Waals surface area contributed by atoms with Gasteiger partial charge in [-0.25, -0.2) is 14.0 Å². The third kappa shape index (κ3) is 5.54. The number of carboxylic acid groups (broad SMARTS) is 1. The highest BCUT2D eigenvalue weighted by Gasteiger charge is 2.29. The van der Waals surface area contributed by atoms with Gasteiger partial charge in [0.15, 0.2) is 0 Å². The van der Waals surface area contributed by atoms with Crippen molar-refractivity contribution in [1.82, 2.24) is 5.32 Å². The van der Waals surface area contributed by atoms with E-state index in [1.54, 1.807) is 30.3 Å². The Bertz CT molecular complexity index is 1160. The zero-order chi connectivity index (χ0) is 24.1. The van der Waals surface area contributed by atoms with E-state index in [9.17, 15) is 23.9 Å². The molecule has 1 aliphatic heterocycles. The summed E-state index contributed by atoms with van der Waals surface area (Å²) in [5, 5.41) is 22.2. The minimum Gasteiger partial charge on any atom is -0.480 e. The standard InChI is InChI=1S/C25H25FN4O4/c26-19-11-10-16(13-20-17-8-4-5-9-18(17)23(31)30-29-20)14-21(19)27-25(34)28-22(24(32)33)12-15-6-2-1-3-7-15/h1-3,6-7,10-11,14,20,22H,4-5,8-9,12-13H2,(H,32,33)(H2,27,28,34)/t20?,22-/m0/s1. The molecule has 1 aliphatic carbocycles. The molecule has 9 heteroatoms. The fourth-order valence-corrected chi connectivity index (χ4v) is 4.34. The maximum Gasteiger partial charge on any atom is 0.326 e. The van der Waals surface area contributed by atoms with Crippen molar-refractivity contribution in [3.8, 4) is 0 Å². The van der Waals surface area contributed by atoms with Gasteiger partial charge >= 0.3 is 12.0 Å². The van der Waals surface area contributed by atoms with Gasteiger partial charge in [0, 0.05) is 18.4 Å². The maximum atomic E-state index is 14.4. The van der Waals surface area contributed by atoms with Crippen LogP contribution < -0.4 is 10.6 Å². The number of anilines is 1. The fourth-order valence-electron chi connectivity index (χ4n) is 4.34. The molecule has 1 unspecified atom stereocenters. The van der Waals surface area contributed by atoms with E-state index in [0.717, 1.165) is 36.0 Å². The number of hydrogen-bond donors (Lipinski definition) is 3. The zero-order valence-corrected chi connectivity index (χ0v) is 18.5. The van der Waals surface area contributed by atoms with E-state index in [1.165, 1.54) is 12.1 Å². The molecule has 176 valence electrons. The van der Waals surface area contributed by atoms with Crippen molar-refractivity contribution >= 4 is 23.6 Å². The maximum absolute atomic E-state index is 14.4. The number of carboxylic acids is 1. The van der Waals surface area contributed by atoms with Crippen LogP contribution in [-0.4, -0.2) is 35.1 Å². The Morgan fingerprint density at radius 1 is 1.09 bits per heavy atom. The van der Waals surface area contributed by atoms with Gasteiger partial charge in [-0.1, -0.05) is 36.4 Å². The van der Waals surface area contributed by atoms with Gasteiger partial charge in [-0.2, -0.15) is 5.11 Å². The second-order valence-electron chi connectivity index (χ2n) is 8.44. The molecule has 8 nitrogen and oxygen atoms in total. The van der Waals surface area contributed by atoms with Gasteiger partial charge in [0.25, 0.3) is 5.91 Å². The molecule has 0 spiro atoms. The van der Waals surface area contributed by atoms with E-state index in [0.29, 0.717) is 18.4 Å². The number of carbonyl (C=O) groups is 3. The molecule has 3 N–H and O–H groups in total. The van der Waals surface area contributed by atoms with E-state index in [1.807, 2.05) is 6.07 Å². The summed E-state index contributed by atoms with van der Waals surface area (Å²) in [5.74, 6) is -2.11. The number of rotatable bonds is 7. The van der Waals surface area contributed by atoms with Crippen molar-refractivity contribution in [3.05, 3.63) is 76.6 Å². The van der Waals surface area contributed by atoms with Crippen LogP contribution >= 0.6 is 0 Å². The lowest BCUT2D eigenvalue weighted by Gasteiger charge is -2.26. The first kappa shape index (κ1) is 23.3. The number of halogens is 1. The Morgan fingerprint density at radius 2 is 1.85 bits per heavy atom. The summed E-state index contributed by atoms with van der Waals surface area (Å²) in [6, 6.07) is 11.0. The van der Waals surface area contributed by atoms with Gasteiger partial charge in [-0.3, -0.25) is 4.79 Å². The molecule has 34 heavy (non-hydrogen) atoms. The minimum atomic E-state index is -1.19. The molecule has 2 aliphatic rings. The van der Waals surface area contributed by atoms with Gasteiger partial charge in [0.05, 0.1) is 11.7 Å². The summed E-state index contributed by atoms with van der Waals surface area (Å²) in [7, 11) is 0. The Balaban J connectivity index is 1.44. The van der Waals surface area contributed by atoms with Crippen molar-refractivity contribution in [2.75, 3.05) is 5.32 Å². The van der Waals surface area contributed by atoms with Crippen LogP contribution in [0, 0.1) is 5.82 Å². The average Bonchev–Trinajstić information content (AvgIpc) is 2.83. The Hall–Kier alpha value is -3.88. The summed E-state index contributed by atoms with van der Waals surface area (Å²) in [5.41, 5.74) is 3.13. The molecule has 2 aromatic carbocycles. The quantitative estimate of drug-likeness (QED) is 0.562. The van der Waals surface area contributed by atoms with Crippen molar-refractivity contribution < 1.29 is 23.9 Å². The van der Waals surface area contributed by atoms with Crippen LogP contribution in [0.1, 0.15) is 36.8 Å². The fraction of sp³-hybridized carbons (Fsp3) is 0.320. The van der Waals surface area contributed by atoms with Crippen LogP contribution in [-0.2, 0) is 22.4 Å². The summed E-state index contributed by atoms with van der Waals surface area (Å²) < 4.78 is 14.4. The van der Waals surface area contributed by atoms with E-state index < -0.39 is 23.9 Å². The highest BCUT2D eigenvalue weighted by Crippen LogP contribution is 2.34. The molecule has 2 aromatic rings. The lowest BCUT2D eigenvalue weighted by atomic mass is 9.84. The SMILES string of the molecule is O=C(Nc1cc(CC2N=NC(=O)C3=C2CCCC3)ccc1F)N[C@@H](Cc1ccccc1)C(=O)O. The minimum absolute atomic E-state index is 0.0690. The van der Waals surface area contributed by atoms with Crippen LogP contribution in [0.15, 0.2) is 69.9 Å². The first-order valence-corrected chi connectivity index (χ1v) is 11.2. The average molecular weight is 464 g/mol. The van der Waals surface area contributed by atoms with Gasteiger partial charge in [-0.05, 0) is 54.5 Å². The number of azo groups is 1. The number of urea groups is 1. The van der Waals surface area contributed by atoms with Crippen LogP contribution in [0.4, 0.5) is 14.9 Å². The lowest BCUT2D eigenvalue weighted by molar-refractivity contribution is -0.139. The van der Waals surface area contributed by atoms with Crippen molar-refractivity contribution in [3.63, 3.8) is 0 Å². The number of benzene rings is 2. The predicted octanol–water partition coefficient (Wildman–Crippen LogP) is 4.42. The highest BCUT2D eigenvalue weighted by atomic mass is 19.1. The molecule has 4 rings (SSSR count). The predicted molar refractivity (Wildman–Crippen MR) is 123 cm³/mol. The Kier molecular flexibility index (Phi) is 7.10. The van der Waals surface area contributed by atoms with Crippen molar-refractivity contribution in [2.24, 2.45) is 10.2 Å². The second kappa shape index (κ2) is 10.4. The number of hydrogen-bond acceptors (Lipinski definition) is 4. The van der Waals surface area contributed by atoms with Crippen molar-refractivity contribution in [1.29, 1.82) is 0 Å². The molecule has 0 radical (unpaired) electrons. The largest absolute Gasteiger partial charge is 0.480 e. The topological polar surface area (TPSA) is 120 Å². The number of nitrogens with zero attached hydrogens (tertiary/aromatic N) is 2. The number of aliphatic carboxylic acids is 1. The Morgan fingerprint density at radius 3 is 2.62 bits per heavy atom. The van der Waals surface area contributed by atoms with Gasteiger partial charge < -0.3 is 15.7 Å². The monoisotopic (exact) mass is 464 g/mol. The molecule has 0 aromatic heterocycles. The summed E-state index contributed by atoms with van der Waals surface area (Å²) in [6.45, 7) is 0. The first-order valence-electron chi connectivity index (χ1n) is 11.2. The zero-order valence-electron chi connectivity index (χ0n) is 18.5. The van der Waals surface area contributed by atoms with E-state index in [-0.39, 0.29) is 24.1 Å². The second-order valence-corrected chi connectivity index (χ2v) is 8.44. The molecule has 0 bridgehead atoms. The summed E-state index contributed by atoms with van der Waals surface area (Å²) >= 11 is 0. The summed E-state index contributed by atoms with van der Waals surface area (Å²) in [6.07, 6.45) is 3.94. The smallest absolute Gasteiger partial charge is 0.326 e. The third-order valence-electron chi connectivity index (χ3n) is 6.05. The molecule has 0 saturated heterocycles. The molecule has 1 heterocycles. The first-order chi connectivity index (χ1) is 16.4. The number of amides is 3. The van der Waals surface area contributed by atoms with E-state index in [4.69, 9.17) is 0 Å². The molecule has 3 amide bonds. The lowest BCUT2D eigenvalue weighted by Crippen LogP contribution is -2.44. The molecular formula is C25H25FN4O4. The molecule has 0 saturated carbocycles. The van der Waals surface area contributed by atoms with E-state index >= 15 is 0 Å². The summed E-state index contributed by atoms with van der Waals surface area (Å²) in [4.78, 5) is 36.1. The number of nitrogens with one attached hydrogen (secondary N) is 2. The highest BCUT2D eigenvalue weighted by molar-refractivity contribution is 5.95. The van der Waals surface area contributed by atoms with Gasteiger partial charge in [-0.15, -0.1) is 5.11 Å². The third-order valence-corrected chi connectivity index (χ3v) is 6.05. The van der Waals surface area contributed by atoms with Gasteiger partial charge in [0.1, 0.15) is 11.9 Å². The van der Waals surface area contributed by atoms with Crippen molar-refractivity contribution in [2.45, 2.75) is 50.6 Å². The van der Waals surface area contributed by atoms with E-state index in [2.05, 4.69) is 20.9 Å². The molecule has 0 fully saturated rings. The van der Waals surface area contributed by atoms with Crippen LogP contribution in [0.2, 0.25) is 0 Å². The normalized spacial score (nSPS) is 18.3. The van der Waals surface area contributed by atoms with Crippen LogP contribution in [0.5, 0.6) is 0 Å². The van der Waals surface area contributed by atoms with Gasteiger partial charge in [0.2, 0.25) is 0 Å². The molecule has 2 atom stereocenters. The van der Waals surface area contributed by atoms with Crippen LogP contribution in [0.25, 0.3) is 0 Å². The molecular weight excluding hydrogens is 439 g/mol. The van der Waals surface area contributed by atoms with Crippen LogP contribution in [0.3, 0.4) is 0 Å². The Labute approximate surface area is 196 Å².